The van der Waals surface area contributed by atoms with Gasteiger partial charge in [-0.2, -0.15) is 0 Å². The van der Waals surface area contributed by atoms with Gasteiger partial charge in [-0.15, -0.1) is 0 Å². The maximum Gasteiger partial charge on any atom is 0.158 e. The molecule has 0 aromatic heterocycles. The summed E-state index contributed by atoms with van der Waals surface area (Å²) in [6, 6.07) is 0. The average Bonchev–Trinajstić information content (AvgIpc) is 3.07. The Hall–Kier alpha value is -1.22. The molecule has 0 bridgehead atoms. The molecule has 33 heavy (non-hydrogen) atoms. The zero-order valence-electron chi connectivity index (χ0n) is 22.1. The SMILES string of the molecule is C=C(C)C(=O)CC[C@@H](C)C1=C2C[C@H](O)[C@H]3[C@@]4(C)CCC(=O)C(C)(C)[C@@H]4CC[C@]3(C)[C@@]2(C)CC1. The maximum absolute atomic E-state index is 12.9. The van der Waals surface area contributed by atoms with E-state index in [1.165, 1.54) is 11.1 Å². The highest BCUT2D eigenvalue weighted by Crippen LogP contribution is 2.74. The maximum atomic E-state index is 12.9. The molecule has 0 radical (unpaired) electrons. The van der Waals surface area contributed by atoms with Crippen LogP contribution in [0.2, 0.25) is 0 Å². The van der Waals surface area contributed by atoms with Gasteiger partial charge in [-0.05, 0) is 91.4 Å². The molecule has 184 valence electrons. The fourth-order valence-electron chi connectivity index (χ4n) is 9.40. The molecular weight excluding hydrogens is 408 g/mol. The van der Waals surface area contributed by atoms with E-state index in [9.17, 15) is 14.7 Å². The minimum absolute atomic E-state index is 0.000638. The standard InChI is InChI=1S/C30H46O3/c1-18(2)22(31)10-9-19(3)20-11-15-29(7)21(20)17-23(32)26-28(6)14-13-25(33)27(4,5)24(28)12-16-30(26,29)8/h19,23-24,26,32H,1,9-17H2,2-8H3/t19-,23+,24+,26+,28+,29+,30+/m1/s1. The Bertz CT molecular complexity index is 910. The second-order valence-corrected chi connectivity index (χ2v) is 13.4. The van der Waals surface area contributed by atoms with Crippen LogP contribution in [0.4, 0.5) is 0 Å². The summed E-state index contributed by atoms with van der Waals surface area (Å²) in [5.74, 6) is 1.53. The van der Waals surface area contributed by atoms with Crippen molar-refractivity contribution in [1.29, 1.82) is 0 Å². The molecule has 4 aliphatic carbocycles. The number of ketones is 2. The number of Topliss-reactive ketones (excluding diaryl/α,β-unsaturated/α-hetero) is 2. The second kappa shape index (κ2) is 7.90. The monoisotopic (exact) mass is 454 g/mol. The first kappa shape index (κ1) is 24.9. The molecule has 0 aromatic rings. The van der Waals surface area contributed by atoms with E-state index in [1.54, 1.807) is 6.92 Å². The first-order chi connectivity index (χ1) is 15.2. The van der Waals surface area contributed by atoms with Crippen LogP contribution in [0.15, 0.2) is 23.3 Å². The summed E-state index contributed by atoms with van der Waals surface area (Å²) in [5, 5.41) is 11.8. The first-order valence-electron chi connectivity index (χ1n) is 13.3. The molecule has 0 spiro atoms. The lowest BCUT2D eigenvalue weighted by Crippen LogP contribution is -2.65. The summed E-state index contributed by atoms with van der Waals surface area (Å²) in [7, 11) is 0. The summed E-state index contributed by atoms with van der Waals surface area (Å²) in [5.41, 5.74) is 3.50. The van der Waals surface area contributed by atoms with Crippen LogP contribution in [0.1, 0.15) is 106 Å². The van der Waals surface area contributed by atoms with E-state index in [0.29, 0.717) is 36.0 Å². The van der Waals surface area contributed by atoms with E-state index in [0.717, 1.165) is 44.9 Å². The fraction of sp³-hybridized carbons (Fsp3) is 0.800. The molecule has 3 nitrogen and oxygen atoms in total. The molecular formula is C30H46O3. The van der Waals surface area contributed by atoms with E-state index in [1.807, 2.05) is 0 Å². The van der Waals surface area contributed by atoms with Crippen LogP contribution in [0.5, 0.6) is 0 Å². The van der Waals surface area contributed by atoms with Crippen molar-refractivity contribution in [2.24, 2.45) is 39.4 Å². The van der Waals surface area contributed by atoms with Crippen molar-refractivity contribution in [1.82, 2.24) is 0 Å². The quantitative estimate of drug-likeness (QED) is 0.365. The molecule has 3 saturated carbocycles. The van der Waals surface area contributed by atoms with Crippen LogP contribution in [0.25, 0.3) is 0 Å². The molecule has 3 fully saturated rings. The fourth-order valence-corrected chi connectivity index (χ4v) is 9.40. The number of fused-ring (bicyclic) bond motifs is 5. The van der Waals surface area contributed by atoms with E-state index < -0.39 is 0 Å². The predicted octanol–water partition coefficient (Wildman–Crippen LogP) is 6.84. The lowest BCUT2D eigenvalue weighted by atomic mass is 9.36. The minimum Gasteiger partial charge on any atom is -0.392 e. The molecule has 0 saturated heterocycles. The highest BCUT2D eigenvalue weighted by molar-refractivity contribution is 5.94. The third kappa shape index (κ3) is 3.39. The number of aliphatic hydroxyl groups is 1. The van der Waals surface area contributed by atoms with Gasteiger partial charge in [0.05, 0.1) is 6.10 Å². The van der Waals surface area contributed by atoms with Gasteiger partial charge in [0.15, 0.2) is 5.78 Å². The van der Waals surface area contributed by atoms with Gasteiger partial charge in [0.1, 0.15) is 5.78 Å². The van der Waals surface area contributed by atoms with Crippen molar-refractivity contribution in [3.63, 3.8) is 0 Å². The molecule has 0 aliphatic heterocycles. The van der Waals surface area contributed by atoms with Crippen LogP contribution in [-0.4, -0.2) is 22.8 Å². The van der Waals surface area contributed by atoms with Crippen molar-refractivity contribution >= 4 is 11.6 Å². The highest BCUT2D eigenvalue weighted by atomic mass is 16.3. The Balaban J connectivity index is 1.69. The van der Waals surface area contributed by atoms with Crippen molar-refractivity contribution in [2.75, 3.05) is 0 Å². The molecule has 1 N–H and O–H groups in total. The molecule has 0 unspecified atom stereocenters. The normalized spacial score (nSPS) is 42.9. The predicted molar refractivity (Wildman–Crippen MR) is 134 cm³/mol. The Labute approximate surface area is 201 Å². The number of hydrogen-bond acceptors (Lipinski definition) is 3. The lowest BCUT2D eigenvalue weighted by Gasteiger charge is -2.69. The zero-order chi connectivity index (χ0) is 24.6. The smallest absolute Gasteiger partial charge is 0.158 e. The molecule has 0 amide bonds. The minimum atomic E-state index is -0.354. The topological polar surface area (TPSA) is 54.4 Å². The Kier molecular flexibility index (Phi) is 5.96. The van der Waals surface area contributed by atoms with Gasteiger partial charge in [-0.25, -0.2) is 0 Å². The van der Waals surface area contributed by atoms with Gasteiger partial charge in [0.25, 0.3) is 0 Å². The molecule has 0 heterocycles. The lowest BCUT2D eigenvalue weighted by molar-refractivity contribution is -0.208. The third-order valence-corrected chi connectivity index (χ3v) is 11.5. The van der Waals surface area contributed by atoms with Crippen LogP contribution in [0, 0.1) is 39.4 Å². The number of rotatable bonds is 5. The zero-order valence-corrected chi connectivity index (χ0v) is 22.1. The Morgan fingerprint density at radius 1 is 1.12 bits per heavy atom. The molecule has 4 rings (SSSR count). The van der Waals surface area contributed by atoms with E-state index in [-0.39, 0.29) is 39.5 Å². The van der Waals surface area contributed by atoms with Gasteiger partial charge in [0, 0.05) is 18.3 Å². The van der Waals surface area contributed by atoms with Crippen LogP contribution >= 0.6 is 0 Å². The van der Waals surface area contributed by atoms with Gasteiger partial charge in [0.2, 0.25) is 0 Å². The first-order valence-corrected chi connectivity index (χ1v) is 13.3. The number of carbonyl (C=O) groups is 2. The molecule has 4 aliphatic rings. The Morgan fingerprint density at radius 3 is 2.42 bits per heavy atom. The van der Waals surface area contributed by atoms with E-state index >= 15 is 0 Å². The third-order valence-electron chi connectivity index (χ3n) is 11.5. The number of allylic oxidation sites excluding steroid dienone is 2. The van der Waals surface area contributed by atoms with Crippen molar-refractivity contribution in [3.05, 3.63) is 23.3 Å². The van der Waals surface area contributed by atoms with E-state index in [4.69, 9.17) is 0 Å². The van der Waals surface area contributed by atoms with Gasteiger partial charge >= 0.3 is 0 Å². The number of carbonyl (C=O) groups excluding carboxylic acids is 2. The summed E-state index contributed by atoms with van der Waals surface area (Å²) in [6.07, 6.45) is 7.82. The Morgan fingerprint density at radius 2 is 1.79 bits per heavy atom. The second-order valence-electron chi connectivity index (χ2n) is 13.4. The summed E-state index contributed by atoms with van der Waals surface area (Å²) < 4.78 is 0. The average molecular weight is 455 g/mol. The molecule has 3 heteroatoms. The summed E-state index contributed by atoms with van der Waals surface area (Å²) in [6.45, 7) is 19.5. The van der Waals surface area contributed by atoms with Gasteiger partial charge in [-0.3, -0.25) is 9.59 Å². The van der Waals surface area contributed by atoms with Crippen molar-refractivity contribution in [3.8, 4) is 0 Å². The number of aliphatic hydroxyl groups excluding tert-OH is 1. The van der Waals surface area contributed by atoms with Crippen molar-refractivity contribution in [2.45, 2.75) is 112 Å². The molecule has 7 atom stereocenters. The number of hydrogen-bond donors (Lipinski definition) is 1. The summed E-state index contributed by atoms with van der Waals surface area (Å²) in [4.78, 5) is 25.0. The van der Waals surface area contributed by atoms with Crippen LogP contribution in [0.3, 0.4) is 0 Å². The highest BCUT2D eigenvalue weighted by Gasteiger charge is 2.69. The van der Waals surface area contributed by atoms with E-state index in [2.05, 4.69) is 48.1 Å². The van der Waals surface area contributed by atoms with Gasteiger partial charge in [-0.1, -0.05) is 59.3 Å². The summed E-state index contributed by atoms with van der Waals surface area (Å²) >= 11 is 0. The van der Waals surface area contributed by atoms with Gasteiger partial charge < -0.3 is 5.11 Å². The van der Waals surface area contributed by atoms with Crippen LogP contribution in [-0.2, 0) is 9.59 Å². The molecule has 0 aromatic carbocycles. The largest absolute Gasteiger partial charge is 0.392 e. The van der Waals surface area contributed by atoms with Crippen molar-refractivity contribution < 1.29 is 14.7 Å². The van der Waals surface area contributed by atoms with Crippen LogP contribution < -0.4 is 0 Å².